The molecule has 152 valence electrons. The van der Waals surface area contributed by atoms with Gasteiger partial charge in [0.15, 0.2) is 0 Å². The van der Waals surface area contributed by atoms with E-state index in [4.69, 9.17) is 4.74 Å². The number of rotatable bonds is 6. The Hall–Kier alpha value is -2.82. The van der Waals surface area contributed by atoms with Crippen LogP contribution in [0.15, 0.2) is 48.5 Å². The van der Waals surface area contributed by atoms with Crippen LogP contribution in [0, 0.1) is 0 Å². The van der Waals surface area contributed by atoms with Gasteiger partial charge in [0.2, 0.25) is 5.91 Å². The van der Waals surface area contributed by atoms with Gasteiger partial charge in [-0.25, -0.2) is 0 Å². The lowest BCUT2D eigenvalue weighted by Gasteiger charge is -2.29. The van der Waals surface area contributed by atoms with Gasteiger partial charge in [-0.1, -0.05) is 49.6 Å². The number of fused-ring (bicyclic) bond motifs is 1. The average molecular weight is 392 g/mol. The zero-order valence-corrected chi connectivity index (χ0v) is 16.9. The Balaban J connectivity index is 1.56. The molecule has 0 bridgehead atoms. The summed E-state index contributed by atoms with van der Waals surface area (Å²) in [4.78, 5) is 27.8. The predicted octanol–water partition coefficient (Wildman–Crippen LogP) is 4.23. The molecule has 1 N–H and O–H groups in total. The minimum atomic E-state index is -0.301. The number of amides is 2. The Morgan fingerprint density at radius 1 is 1.10 bits per heavy atom. The second-order valence-corrected chi connectivity index (χ2v) is 7.99. The fourth-order valence-corrected chi connectivity index (χ4v) is 4.47. The first-order valence-electron chi connectivity index (χ1n) is 10.5. The highest BCUT2D eigenvalue weighted by Gasteiger charge is 2.34. The normalized spacial score (nSPS) is 17.7. The van der Waals surface area contributed by atoms with E-state index in [1.54, 1.807) is 7.11 Å². The van der Waals surface area contributed by atoms with Crippen LogP contribution in [0.3, 0.4) is 0 Å². The van der Waals surface area contributed by atoms with Crippen molar-refractivity contribution in [2.24, 2.45) is 0 Å². The van der Waals surface area contributed by atoms with Crippen LogP contribution in [0.1, 0.15) is 66.1 Å². The summed E-state index contributed by atoms with van der Waals surface area (Å²) in [6.45, 7) is 0.530. The third kappa shape index (κ3) is 4.29. The van der Waals surface area contributed by atoms with Crippen molar-refractivity contribution < 1.29 is 14.3 Å². The summed E-state index contributed by atoms with van der Waals surface area (Å²) in [5.74, 6) is 0.767. The summed E-state index contributed by atoms with van der Waals surface area (Å²) in [6, 6.07) is 15.3. The number of hydrogen-bond donors (Lipinski definition) is 1. The third-order valence-electron chi connectivity index (χ3n) is 6.08. The van der Waals surface area contributed by atoms with Gasteiger partial charge in [-0.15, -0.1) is 0 Å². The van der Waals surface area contributed by atoms with Crippen LogP contribution in [0.25, 0.3) is 0 Å². The van der Waals surface area contributed by atoms with E-state index in [-0.39, 0.29) is 30.3 Å². The van der Waals surface area contributed by atoms with E-state index < -0.39 is 0 Å². The maximum Gasteiger partial charge on any atom is 0.255 e. The van der Waals surface area contributed by atoms with Gasteiger partial charge in [-0.3, -0.25) is 9.59 Å². The molecule has 1 fully saturated rings. The Labute approximate surface area is 172 Å². The van der Waals surface area contributed by atoms with E-state index in [1.165, 1.54) is 19.3 Å². The number of ether oxygens (including phenoxy) is 1. The lowest BCUT2D eigenvalue weighted by atomic mass is 9.95. The molecule has 5 heteroatoms. The van der Waals surface area contributed by atoms with Gasteiger partial charge in [0.05, 0.1) is 19.6 Å². The molecule has 1 aliphatic carbocycles. The molecule has 1 unspecified atom stereocenters. The SMILES string of the molecule is COc1ccc(C(CC(=O)NC2CCCCC2)N2Cc3ccccc3C2=O)cc1. The summed E-state index contributed by atoms with van der Waals surface area (Å²) < 4.78 is 5.27. The number of nitrogens with zero attached hydrogens (tertiary/aromatic N) is 1. The number of benzene rings is 2. The molecular formula is C24H28N2O3. The molecule has 2 aromatic carbocycles. The largest absolute Gasteiger partial charge is 0.497 e. The molecule has 5 nitrogen and oxygen atoms in total. The highest BCUT2D eigenvalue weighted by atomic mass is 16.5. The van der Waals surface area contributed by atoms with Crippen molar-refractivity contribution in [2.45, 2.75) is 57.2 Å². The second-order valence-electron chi connectivity index (χ2n) is 7.99. The summed E-state index contributed by atoms with van der Waals surface area (Å²) in [7, 11) is 1.63. The van der Waals surface area contributed by atoms with Crippen molar-refractivity contribution in [3.8, 4) is 5.75 Å². The molecule has 0 radical (unpaired) electrons. The number of hydrogen-bond acceptors (Lipinski definition) is 3. The van der Waals surface area contributed by atoms with Crippen LogP contribution >= 0.6 is 0 Å². The molecule has 1 aliphatic heterocycles. The van der Waals surface area contributed by atoms with E-state index in [0.29, 0.717) is 6.54 Å². The number of methoxy groups -OCH3 is 1. The molecule has 2 aliphatic rings. The quantitative estimate of drug-likeness (QED) is 0.800. The standard InChI is InChI=1S/C24H28N2O3/c1-29-20-13-11-17(12-14-20)22(15-23(27)25-19-8-3-2-4-9-19)26-16-18-7-5-6-10-21(18)24(26)28/h5-7,10-14,19,22H,2-4,8-9,15-16H2,1H3,(H,25,27). The van der Waals surface area contributed by atoms with Gasteiger partial charge in [-0.05, 0) is 42.2 Å². The van der Waals surface area contributed by atoms with Gasteiger partial charge in [0.25, 0.3) is 5.91 Å². The molecule has 2 amide bonds. The molecule has 0 spiro atoms. The number of carbonyl (C=O) groups excluding carboxylic acids is 2. The Kier molecular flexibility index (Phi) is 5.84. The average Bonchev–Trinajstić information content (AvgIpc) is 3.09. The maximum atomic E-state index is 13.1. The Bertz CT molecular complexity index is 872. The molecular weight excluding hydrogens is 364 g/mol. The number of nitrogens with one attached hydrogen (secondary N) is 1. The molecule has 1 atom stereocenters. The minimum Gasteiger partial charge on any atom is -0.497 e. The molecule has 1 saturated carbocycles. The van der Waals surface area contributed by atoms with E-state index >= 15 is 0 Å². The van der Waals surface area contributed by atoms with Crippen LogP contribution in [-0.2, 0) is 11.3 Å². The number of carbonyl (C=O) groups is 2. The summed E-state index contributed by atoms with van der Waals surface area (Å²) >= 11 is 0. The summed E-state index contributed by atoms with van der Waals surface area (Å²) in [5, 5.41) is 3.20. The van der Waals surface area contributed by atoms with Crippen molar-refractivity contribution in [2.75, 3.05) is 7.11 Å². The van der Waals surface area contributed by atoms with E-state index in [0.717, 1.165) is 35.3 Å². The molecule has 29 heavy (non-hydrogen) atoms. The van der Waals surface area contributed by atoms with Gasteiger partial charge in [-0.2, -0.15) is 0 Å². The molecule has 2 aromatic rings. The van der Waals surface area contributed by atoms with Crippen molar-refractivity contribution >= 4 is 11.8 Å². The zero-order chi connectivity index (χ0) is 20.2. The lowest BCUT2D eigenvalue weighted by Crippen LogP contribution is -2.39. The van der Waals surface area contributed by atoms with Crippen LogP contribution in [0.4, 0.5) is 0 Å². The van der Waals surface area contributed by atoms with Crippen LogP contribution in [-0.4, -0.2) is 29.9 Å². The van der Waals surface area contributed by atoms with E-state index in [9.17, 15) is 9.59 Å². The third-order valence-corrected chi connectivity index (χ3v) is 6.08. The highest BCUT2D eigenvalue weighted by molar-refractivity contribution is 5.98. The first-order valence-corrected chi connectivity index (χ1v) is 10.5. The van der Waals surface area contributed by atoms with Crippen LogP contribution in [0.2, 0.25) is 0 Å². The maximum absolute atomic E-state index is 13.1. The summed E-state index contributed by atoms with van der Waals surface area (Å²) in [6.07, 6.45) is 5.96. The predicted molar refractivity (Wildman–Crippen MR) is 112 cm³/mol. The van der Waals surface area contributed by atoms with Crippen molar-refractivity contribution in [1.82, 2.24) is 10.2 Å². The molecule has 4 rings (SSSR count). The second kappa shape index (κ2) is 8.68. The fraction of sp³-hybridized carbons (Fsp3) is 0.417. The van der Waals surface area contributed by atoms with Crippen molar-refractivity contribution in [3.63, 3.8) is 0 Å². The molecule has 0 aromatic heterocycles. The smallest absolute Gasteiger partial charge is 0.255 e. The summed E-state index contributed by atoms with van der Waals surface area (Å²) in [5.41, 5.74) is 2.70. The monoisotopic (exact) mass is 392 g/mol. The lowest BCUT2D eigenvalue weighted by molar-refractivity contribution is -0.123. The van der Waals surface area contributed by atoms with E-state index in [1.807, 2.05) is 53.4 Å². The van der Waals surface area contributed by atoms with Gasteiger partial charge in [0, 0.05) is 18.2 Å². The van der Waals surface area contributed by atoms with Crippen LogP contribution < -0.4 is 10.1 Å². The van der Waals surface area contributed by atoms with Crippen LogP contribution in [0.5, 0.6) is 5.75 Å². The first-order chi connectivity index (χ1) is 14.2. The Morgan fingerprint density at radius 3 is 2.52 bits per heavy atom. The zero-order valence-electron chi connectivity index (χ0n) is 16.9. The molecule has 0 saturated heterocycles. The van der Waals surface area contributed by atoms with Gasteiger partial charge in [0.1, 0.15) is 5.75 Å². The Morgan fingerprint density at radius 2 is 1.83 bits per heavy atom. The first kappa shape index (κ1) is 19.5. The molecule has 1 heterocycles. The van der Waals surface area contributed by atoms with Crippen molar-refractivity contribution in [1.29, 1.82) is 0 Å². The van der Waals surface area contributed by atoms with E-state index in [2.05, 4.69) is 5.32 Å². The van der Waals surface area contributed by atoms with Gasteiger partial charge >= 0.3 is 0 Å². The highest BCUT2D eigenvalue weighted by Crippen LogP contribution is 2.34. The van der Waals surface area contributed by atoms with Gasteiger partial charge < -0.3 is 15.0 Å². The minimum absolute atomic E-state index is 0.00751. The fourth-order valence-electron chi connectivity index (χ4n) is 4.47. The van der Waals surface area contributed by atoms with Crippen molar-refractivity contribution in [3.05, 3.63) is 65.2 Å². The topological polar surface area (TPSA) is 58.6 Å².